The highest BCUT2D eigenvalue weighted by Crippen LogP contribution is 2.16. The lowest BCUT2D eigenvalue weighted by Gasteiger charge is -1.98. The van der Waals surface area contributed by atoms with Crippen molar-refractivity contribution in [2.75, 3.05) is 0 Å². The Morgan fingerprint density at radius 3 is 1.65 bits per heavy atom. The predicted molar refractivity (Wildman–Crippen MR) is 78.6 cm³/mol. The molecule has 0 saturated heterocycles. The Morgan fingerprint density at radius 2 is 1.12 bits per heavy atom. The Bertz CT molecular complexity index is 378. The zero-order valence-electron chi connectivity index (χ0n) is 11.5. The lowest BCUT2D eigenvalue weighted by molar-refractivity contribution is 0.823. The molecule has 0 bridgehead atoms. The molecule has 2 nitrogen and oxygen atoms in total. The van der Waals surface area contributed by atoms with Crippen molar-refractivity contribution in [3.05, 3.63) is 48.0 Å². The molecular formula is C15H26O2. The van der Waals surface area contributed by atoms with E-state index in [1.54, 1.807) is 0 Å². The minimum absolute atomic E-state index is 0. The van der Waals surface area contributed by atoms with Gasteiger partial charge in [-0.2, -0.15) is 0 Å². The minimum Gasteiger partial charge on any atom is -0.412 e. The van der Waals surface area contributed by atoms with Gasteiger partial charge in [-0.25, -0.2) is 0 Å². The van der Waals surface area contributed by atoms with Crippen molar-refractivity contribution in [3.8, 4) is 0 Å². The van der Waals surface area contributed by atoms with Crippen molar-refractivity contribution in [2.45, 2.75) is 34.6 Å². The number of fused-ring (bicyclic) bond motifs is 1. The molecule has 0 radical (unpaired) electrons. The molecule has 0 aliphatic carbocycles. The summed E-state index contributed by atoms with van der Waals surface area (Å²) >= 11 is 0. The first-order chi connectivity index (χ1) is 7.38. The van der Waals surface area contributed by atoms with Gasteiger partial charge >= 0.3 is 0 Å². The second-order valence-electron chi connectivity index (χ2n) is 2.80. The first kappa shape index (κ1) is 21.0. The van der Waals surface area contributed by atoms with Crippen LogP contribution >= 0.6 is 0 Å². The van der Waals surface area contributed by atoms with Crippen molar-refractivity contribution in [1.29, 1.82) is 0 Å². The molecule has 2 heteroatoms. The van der Waals surface area contributed by atoms with Crippen LogP contribution in [0.15, 0.2) is 42.5 Å². The van der Waals surface area contributed by atoms with Gasteiger partial charge in [-0.1, -0.05) is 70.2 Å². The van der Waals surface area contributed by atoms with E-state index in [1.165, 1.54) is 16.3 Å². The predicted octanol–water partition coefficient (Wildman–Crippen LogP) is 3.55. The van der Waals surface area contributed by atoms with Crippen LogP contribution in [0, 0.1) is 6.92 Å². The summed E-state index contributed by atoms with van der Waals surface area (Å²) in [5.74, 6) is 0. The summed E-state index contributed by atoms with van der Waals surface area (Å²) in [5.41, 5.74) is 1.35. The van der Waals surface area contributed by atoms with Crippen LogP contribution in [0.4, 0.5) is 0 Å². The summed E-state index contributed by atoms with van der Waals surface area (Å²) in [5, 5.41) is 2.68. The summed E-state index contributed by atoms with van der Waals surface area (Å²) in [6.07, 6.45) is 0. The quantitative estimate of drug-likeness (QED) is 0.674. The Labute approximate surface area is 105 Å². The fourth-order valence-electron chi connectivity index (χ4n) is 1.39. The van der Waals surface area contributed by atoms with E-state index in [0.717, 1.165) is 0 Å². The highest BCUT2D eigenvalue weighted by molar-refractivity contribution is 5.85. The van der Waals surface area contributed by atoms with E-state index in [9.17, 15) is 0 Å². The van der Waals surface area contributed by atoms with Gasteiger partial charge in [0.1, 0.15) is 0 Å². The summed E-state index contributed by atoms with van der Waals surface area (Å²) in [6, 6.07) is 14.8. The van der Waals surface area contributed by atoms with Gasteiger partial charge in [0.05, 0.1) is 0 Å². The van der Waals surface area contributed by atoms with Crippen molar-refractivity contribution in [3.63, 3.8) is 0 Å². The van der Waals surface area contributed by atoms with Crippen molar-refractivity contribution in [1.82, 2.24) is 0 Å². The Morgan fingerprint density at radius 1 is 0.647 bits per heavy atom. The molecule has 2 aromatic carbocycles. The van der Waals surface area contributed by atoms with Gasteiger partial charge in [-0.05, 0) is 23.3 Å². The average molecular weight is 238 g/mol. The Kier molecular flexibility index (Phi) is 15.6. The molecule has 17 heavy (non-hydrogen) atoms. The number of benzene rings is 2. The normalized spacial score (nSPS) is 7.35. The number of hydrogen-bond acceptors (Lipinski definition) is 0. The maximum absolute atomic E-state index is 2.16. The summed E-state index contributed by atoms with van der Waals surface area (Å²) in [4.78, 5) is 0. The van der Waals surface area contributed by atoms with Crippen LogP contribution in [0.5, 0.6) is 0 Å². The number of hydrogen-bond donors (Lipinski definition) is 0. The zero-order chi connectivity index (χ0) is 11.7. The first-order valence-corrected chi connectivity index (χ1v) is 5.82. The van der Waals surface area contributed by atoms with Crippen molar-refractivity contribution >= 4 is 10.8 Å². The van der Waals surface area contributed by atoms with Gasteiger partial charge < -0.3 is 11.0 Å². The number of aryl methyl sites for hydroxylation is 1. The van der Waals surface area contributed by atoms with Crippen LogP contribution in [0.2, 0.25) is 0 Å². The molecule has 0 fully saturated rings. The molecule has 2 rings (SSSR count). The summed E-state index contributed by atoms with van der Waals surface area (Å²) in [7, 11) is 0. The molecule has 0 aromatic heterocycles. The molecule has 4 N–H and O–H groups in total. The highest BCUT2D eigenvalue weighted by atomic mass is 16.0. The molecule has 98 valence electrons. The second kappa shape index (κ2) is 12.7. The highest BCUT2D eigenvalue weighted by Gasteiger charge is 1.91. The van der Waals surface area contributed by atoms with E-state index in [0.29, 0.717) is 0 Å². The fraction of sp³-hybridized carbons (Fsp3) is 0.333. The Hall–Kier alpha value is -1.38. The largest absolute Gasteiger partial charge is 0.412 e. The Balaban J connectivity index is -0.000000299. The maximum Gasteiger partial charge on any atom is -0.0155 e. The maximum atomic E-state index is 2.16. The van der Waals surface area contributed by atoms with E-state index >= 15 is 0 Å². The van der Waals surface area contributed by atoms with Gasteiger partial charge in [0.25, 0.3) is 0 Å². The molecular weight excluding hydrogens is 212 g/mol. The van der Waals surface area contributed by atoms with E-state index in [2.05, 4.69) is 49.4 Å². The molecule has 0 aliphatic rings. The third-order valence-corrected chi connectivity index (χ3v) is 2.01. The van der Waals surface area contributed by atoms with Gasteiger partial charge in [-0.3, -0.25) is 0 Å². The van der Waals surface area contributed by atoms with Crippen LogP contribution in [-0.2, 0) is 0 Å². The molecule has 0 unspecified atom stereocenters. The smallest absolute Gasteiger partial charge is 0.0155 e. The topological polar surface area (TPSA) is 63.0 Å². The third-order valence-electron chi connectivity index (χ3n) is 2.01. The standard InChI is InChI=1S/C11H10.2C2H6.2H2O/c1-9-5-4-7-10-6-2-3-8-11(9)10;2*1-2;;/h2-8H,1H3;2*1-2H3;2*1H2. The minimum atomic E-state index is 0. The zero-order valence-corrected chi connectivity index (χ0v) is 11.5. The lowest BCUT2D eigenvalue weighted by Crippen LogP contribution is -1.75. The van der Waals surface area contributed by atoms with Crippen LogP contribution in [0.1, 0.15) is 33.3 Å². The second-order valence-corrected chi connectivity index (χ2v) is 2.80. The summed E-state index contributed by atoms with van der Waals surface area (Å²) < 4.78 is 0. The van der Waals surface area contributed by atoms with Gasteiger partial charge in [0.2, 0.25) is 0 Å². The fourth-order valence-corrected chi connectivity index (χ4v) is 1.39. The molecule has 0 aliphatic heterocycles. The van der Waals surface area contributed by atoms with Gasteiger partial charge in [-0.15, -0.1) is 0 Å². The van der Waals surface area contributed by atoms with Crippen LogP contribution < -0.4 is 0 Å². The van der Waals surface area contributed by atoms with E-state index in [-0.39, 0.29) is 11.0 Å². The van der Waals surface area contributed by atoms with Crippen molar-refractivity contribution < 1.29 is 11.0 Å². The number of rotatable bonds is 0. The molecule has 0 atom stereocenters. The van der Waals surface area contributed by atoms with Crippen LogP contribution in [-0.4, -0.2) is 11.0 Å². The van der Waals surface area contributed by atoms with Crippen LogP contribution in [0.25, 0.3) is 10.8 Å². The van der Waals surface area contributed by atoms with Crippen molar-refractivity contribution in [2.24, 2.45) is 0 Å². The third kappa shape index (κ3) is 6.05. The monoisotopic (exact) mass is 238 g/mol. The van der Waals surface area contributed by atoms with E-state index in [1.807, 2.05) is 27.7 Å². The lowest BCUT2D eigenvalue weighted by atomic mass is 10.1. The molecule has 0 heterocycles. The van der Waals surface area contributed by atoms with Gasteiger partial charge in [0, 0.05) is 0 Å². The molecule has 2 aromatic rings. The molecule has 0 amide bonds. The average Bonchev–Trinajstić information content (AvgIpc) is 2.35. The molecule has 0 saturated carbocycles. The SMILES string of the molecule is CC.CC.Cc1cccc2ccccc12.O.O. The van der Waals surface area contributed by atoms with E-state index < -0.39 is 0 Å². The molecule has 0 spiro atoms. The van der Waals surface area contributed by atoms with Crippen LogP contribution in [0.3, 0.4) is 0 Å². The summed E-state index contributed by atoms with van der Waals surface area (Å²) in [6.45, 7) is 10.1. The first-order valence-electron chi connectivity index (χ1n) is 5.82. The van der Waals surface area contributed by atoms with Gasteiger partial charge in [0.15, 0.2) is 0 Å². The van der Waals surface area contributed by atoms with E-state index in [4.69, 9.17) is 0 Å².